The molecule has 0 saturated heterocycles. The lowest BCUT2D eigenvalue weighted by atomic mass is 10.4. The largest absolute Gasteiger partial charge is 0.447 e. The number of aromatic nitrogens is 2. The monoisotopic (exact) mass is 176 g/mol. The first kappa shape index (κ1) is 9.20. The summed E-state index contributed by atoms with van der Waals surface area (Å²) in [6, 6.07) is 0.177. The van der Waals surface area contributed by atoms with Crippen molar-refractivity contribution in [1.82, 2.24) is 9.97 Å². The van der Waals surface area contributed by atoms with Crippen LogP contribution in [0.4, 0.5) is 0 Å². The Bertz CT molecular complexity index is 326. The summed E-state index contributed by atoms with van der Waals surface area (Å²) in [7, 11) is 0. The van der Waals surface area contributed by atoms with E-state index < -0.39 is 0 Å². The number of nitrogens with zero attached hydrogens (tertiary/aromatic N) is 2. The van der Waals surface area contributed by atoms with Gasteiger partial charge in [-0.2, -0.15) is 0 Å². The van der Waals surface area contributed by atoms with E-state index in [1.165, 1.54) is 12.4 Å². The van der Waals surface area contributed by atoms with E-state index in [1.807, 2.05) is 0 Å². The molecular weight excluding hydrogens is 168 g/mol. The van der Waals surface area contributed by atoms with Crippen LogP contribution in [0.25, 0.3) is 0 Å². The van der Waals surface area contributed by atoms with Crippen LogP contribution >= 0.6 is 0 Å². The summed E-state index contributed by atoms with van der Waals surface area (Å²) in [5.41, 5.74) is 0.403. The molecule has 4 nitrogen and oxygen atoms in total. The molecule has 0 N–H and O–H groups in total. The highest BCUT2D eigenvalue weighted by molar-refractivity contribution is 5.73. The average Bonchev–Trinajstić information content (AvgIpc) is 2.19. The lowest BCUT2D eigenvalue weighted by molar-refractivity contribution is 0.112. The summed E-state index contributed by atoms with van der Waals surface area (Å²) < 4.78 is 5.09. The maximum absolute atomic E-state index is 10.2. The quantitative estimate of drug-likeness (QED) is 0.502. The molecule has 0 spiro atoms. The molecule has 0 aliphatic heterocycles. The van der Waals surface area contributed by atoms with E-state index in [-0.39, 0.29) is 12.1 Å². The number of carbonyl (C=O) groups excluding carboxylic acids is 1. The molecule has 0 fully saturated rings. The van der Waals surface area contributed by atoms with Crippen molar-refractivity contribution in [2.75, 3.05) is 0 Å². The topological polar surface area (TPSA) is 52.1 Å². The average molecular weight is 176 g/mol. The number of carbonyl (C=O) groups is 1. The molecule has 66 valence electrons. The van der Waals surface area contributed by atoms with E-state index in [4.69, 9.17) is 11.2 Å². The van der Waals surface area contributed by atoms with Crippen LogP contribution in [0.3, 0.4) is 0 Å². The van der Waals surface area contributed by atoms with Crippen molar-refractivity contribution in [1.29, 1.82) is 0 Å². The third kappa shape index (κ3) is 2.56. The number of hydrogen-bond donors (Lipinski definition) is 0. The van der Waals surface area contributed by atoms with Crippen molar-refractivity contribution < 1.29 is 9.53 Å². The Morgan fingerprint density at radius 1 is 1.62 bits per heavy atom. The van der Waals surface area contributed by atoms with Gasteiger partial charge in [0.25, 0.3) is 0 Å². The van der Waals surface area contributed by atoms with E-state index in [2.05, 4.69) is 15.9 Å². The maximum Gasteiger partial charge on any atom is 0.317 e. The Balaban J connectivity index is 2.70. The first-order chi connectivity index (χ1) is 6.26. The number of terminal acetylenes is 1. The van der Waals surface area contributed by atoms with Gasteiger partial charge >= 0.3 is 6.01 Å². The zero-order valence-corrected chi connectivity index (χ0v) is 7.10. The fraction of sp³-hybridized carbons (Fsp3) is 0.222. The summed E-state index contributed by atoms with van der Waals surface area (Å²) in [5, 5.41) is 0. The Labute approximate surface area is 76.0 Å². The number of rotatable bonds is 3. The van der Waals surface area contributed by atoms with Crippen LogP contribution in [0.1, 0.15) is 17.3 Å². The molecule has 0 aliphatic carbocycles. The van der Waals surface area contributed by atoms with Gasteiger partial charge in [0.2, 0.25) is 0 Å². The standard InChI is InChI=1S/C9H8N2O2/c1-3-7(2)13-9-10-4-8(6-12)5-11-9/h1,4-7H,2H3. The van der Waals surface area contributed by atoms with Gasteiger partial charge in [0.05, 0.1) is 5.56 Å². The van der Waals surface area contributed by atoms with Gasteiger partial charge in [0, 0.05) is 12.4 Å². The molecule has 1 atom stereocenters. The molecule has 0 amide bonds. The Morgan fingerprint density at radius 3 is 2.69 bits per heavy atom. The fourth-order valence-electron chi connectivity index (χ4n) is 0.640. The van der Waals surface area contributed by atoms with Crippen LogP contribution in [0, 0.1) is 12.3 Å². The van der Waals surface area contributed by atoms with Crippen molar-refractivity contribution in [3.8, 4) is 18.4 Å². The van der Waals surface area contributed by atoms with Gasteiger partial charge in [0.1, 0.15) is 0 Å². The van der Waals surface area contributed by atoms with Gasteiger partial charge in [-0.1, -0.05) is 5.92 Å². The summed E-state index contributed by atoms with van der Waals surface area (Å²) in [5.74, 6) is 2.37. The molecule has 1 unspecified atom stereocenters. The Morgan fingerprint density at radius 2 is 2.23 bits per heavy atom. The zero-order chi connectivity index (χ0) is 9.68. The third-order valence-corrected chi connectivity index (χ3v) is 1.30. The van der Waals surface area contributed by atoms with Crippen LogP contribution < -0.4 is 4.74 Å². The highest BCUT2D eigenvalue weighted by atomic mass is 16.5. The van der Waals surface area contributed by atoms with Crippen molar-refractivity contribution in [2.24, 2.45) is 0 Å². The molecule has 0 aromatic carbocycles. The highest BCUT2D eigenvalue weighted by Gasteiger charge is 2.01. The molecule has 0 bridgehead atoms. The molecular formula is C9H8N2O2. The molecule has 1 aromatic rings. The van der Waals surface area contributed by atoms with Gasteiger partial charge in [-0.3, -0.25) is 4.79 Å². The van der Waals surface area contributed by atoms with Crippen molar-refractivity contribution in [3.63, 3.8) is 0 Å². The SMILES string of the molecule is C#CC(C)Oc1ncc(C=O)cn1. The molecule has 1 heterocycles. The molecule has 1 aromatic heterocycles. The second kappa shape index (κ2) is 4.21. The minimum absolute atomic E-state index is 0.177. The van der Waals surface area contributed by atoms with Crippen LogP contribution in [-0.2, 0) is 0 Å². The van der Waals surface area contributed by atoms with Crippen LogP contribution in [0.15, 0.2) is 12.4 Å². The lowest BCUT2D eigenvalue weighted by Gasteiger charge is -2.05. The van der Waals surface area contributed by atoms with Gasteiger partial charge in [0.15, 0.2) is 12.4 Å². The molecule has 4 heteroatoms. The number of aldehydes is 1. The molecule has 13 heavy (non-hydrogen) atoms. The second-order valence-corrected chi connectivity index (χ2v) is 2.34. The van der Waals surface area contributed by atoms with Crippen molar-refractivity contribution >= 4 is 6.29 Å². The number of hydrogen-bond acceptors (Lipinski definition) is 4. The number of ether oxygens (including phenoxy) is 1. The Hall–Kier alpha value is -1.89. The fourth-order valence-corrected chi connectivity index (χ4v) is 0.640. The molecule has 1 rings (SSSR count). The lowest BCUT2D eigenvalue weighted by Crippen LogP contribution is -2.10. The summed E-state index contributed by atoms with van der Waals surface area (Å²) >= 11 is 0. The minimum atomic E-state index is -0.373. The second-order valence-electron chi connectivity index (χ2n) is 2.34. The van der Waals surface area contributed by atoms with E-state index in [0.29, 0.717) is 11.8 Å². The minimum Gasteiger partial charge on any atom is -0.447 e. The van der Waals surface area contributed by atoms with Crippen molar-refractivity contribution in [3.05, 3.63) is 18.0 Å². The van der Waals surface area contributed by atoms with Gasteiger partial charge < -0.3 is 4.74 Å². The summed E-state index contributed by atoms with van der Waals surface area (Å²) in [6.07, 6.45) is 8.12. The molecule has 0 radical (unpaired) electrons. The van der Waals surface area contributed by atoms with Crippen LogP contribution in [0.2, 0.25) is 0 Å². The summed E-state index contributed by atoms with van der Waals surface area (Å²) in [6.45, 7) is 1.71. The summed E-state index contributed by atoms with van der Waals surface area (Å²) in [4.78, 5) is 17.8. The van der Waals surface area contributed by atoms with Gasteiger partial charge in [-0.05, 0) is 6.92 Å². The maximum atomic E-state index is 10.2. The predicted octanol–water partition coefficient (Wildman–Crippen LogP) is 0.690. The molecule has 0 aliphatic rings. The van der Waals surface area contributed by atoms with Gasteiger partial charge in [-0.15, -0.1) is 6.42 Å². The van der Waals surface area contributed by atoms with Crippen LogP contribution in [0.5, 0.6) is 6.01 Å². The predicted molar refractivity (Wildman–Crippen MR) is 46.3 cm³/mol. The van der Waals surface area contributed by atoms with Crippen LogP contribution in [-0.4, -0.2) is 22.4 Å². The Kier molecular flexibility index (Phi) is 2.98. The van der Waals surface area contributed by atoms with Crippen molar-refractivity contribution in [2.45, 2.75) is 13.0 Å². The third-order valence-electron chi connectivity index (χ3n) is 1.30. The first-order valence-corrected chi connectivity index (χ1v) is 3.66. The van der Waals surface area contributed by atoms with Gasteiger partial charge in [-0.25, -0.2) is 9.97 Å². The van der Waals surface area contributed by atoms with E-state index in [1.54, 1.807) is 6.92 Å². The van der Waals surface area contributed by atoms with E-state index in [0.717, 1.165) is 0 Å². The molecule has 0 saturated carbocycles. The zero-order valence-electron chi connectivity index (χ0n) is 7.10. The van der Waals surface area contributed by atoms with E-state index >= 15 is 0 Å². The first-order valence-electron chi connectivity index (χ1n) is 3.66. The normalized spacial score (nSPS) is 11.4. The van der Waals surface area contributed by atoms with E-state index in [9.17, 15) is 4.79 Å². The highest BCUT2D eigenvalue weighted by Crippen LogP contribution is 2.02. The smallest absolute Gasteiger partial charge is 0.317 e.